The molecule has 0 radical (unpaired) electrons. The molecule has 0 saturated heterocycles. The van der Waals surface area contributed by atoms with Crippen molar-refractivity contribution in [1.29, 1.82) is 0 Å². The van der Waals surface area contributed by atoms with Gasteiger partial charge in [-0.25, -0.2) is 0 Å². The molecule has 0 unspecified atom stereocenters. The zero-order chi connectivity index (χ0) is 9.80. The van der Waals surface area contributed by atoms with Gasteiger partial charge in [0.1, 0.15) is 0 Å². The van der Waals surface area contributed by atoms with Gasteiger partial charge < -0.3 is 5.32 Å². The van der Waals surface area contributed by atoms with Crippen LogP contribution in [0.15, 0.2) is 42.4 Å². The molecule has 0 aliphatic rings. The van der Waals surface area contributed by atoms with Gasteiger partial charge in [-0.15, -0.1) is 11.3 Å². The maximum Gasteiger partial charge on any atom is 0.0345 e. The molecule has 2 rings (SSSR count). The minimum atomic E-state index is 0.963. The zero-order valence-electron chi connectivity index (χ0n) is 7.99. The molecule has 1 N–H and O–H groups in total. The minimum Gasteiger partial charge on any atom is -0.391 e. The summed E-state index contributed by atoms with van der Waals surface area (Å²) in [5, 5.41) is 6.76. The maximum absolute atomic E-state index is 3.63. The van der Waals surface area contributed by atoms with Crippen LogP contribution in [-0.4, -0.2) is 6.54 Å². The van der Waals surface area contributed by atoms with Crippen LogP contribution in [0.5, 0.6) is 0 Å². The molecular weight excluding hydrogens is 190 g/mol. The monoisotopic (exact) mass is 203 g/mol. The van der Waals surface area contributed by atoms with Gasteiger partial charge in [-0.05, 0) is 35.0 Å². The summed E-state index contributed by atoms with van der Waals surface area (Å²) in [5.41, 5.74) is 1.43. The molecule has 72 valence electrons. The number of rotatable bonds is 4. The maximum atomic E-state index is 3.63. The van der Waals surface area contributed by atoms with E-state index < -0.39 is 0 Å². The first kappa shape index (κ1) is 9.28. The number of thiophene rings is 1. The smallest absolute Gasteiger partial charge is 0.0345 e. The van der Waals surface area contributed by atoms with E-state index in [0.29, 0.717) is 0 Å². The molecule has 0 aliphatic heterocycles. The molecule has 1 nitrogen and oxygen atoms in total. The fourth-order valence-electron chi connectivity index (χ4n) is 1.54. The lowest BCUT2D eigenvalue weighted by molar-refractivity contribution is 0.840. The number of hydrogen-bond donors (Lipinski definition) is 1. The van der Waals surface area contributed by atoms with E-state index in [1.54, 1.807) is 6.20 Å². The highest BCUT2D eigenvalue weighted by Crippen LogP contribution is 2.25. The summed E-state index contributed by atoms with van der Waals surface area (Å²) >= 11 is 1.82. The van der Waals surface area contributed by atoms with Gasteiger partial charge in [-0.1, -0.05) is 24.8 Å². The molecule has 0 amide bonds. The van der Waals surface area contributed by atoms with Crippen LogP contribution in [0, 0.1) is 0 Å². The molecule has 0 atom stereocenters. The SMILES string of the molecule is C=CNCCc1csc2ccccc12. The third-order valence-corrected chi connectivity index (χ3v) is 3.26. The number of benzene rings is 1. The second-order valence-electron chi connectivity index (χ2n) is 3.17. The highest BCUT2D eigenvalue weighted by molar-refractivity contribution is 7.17. The molecule has 14 heavy (non-hydrogen) atoms. The molecule has 0 saturated carbocycles. The van der Waals surface area contributed by atoms with Gasteiger partial charge in [0.05, 0.1) is 0 Å². The zero-order valence-corrected chi connectivity index (χ0v) is 8.81. The van der Waals surface area contributed by atoms with Crippen LogP contribution in [0.1, 0.15) is 5.56 Å². The van der Waals surface area contributed by atoms with Gasteiger partial charge in [0.2, 0.25) is 0 Å². The van der Waals surface area contributed by atoms with Crippen molar-refractivity contribution < 1.29 is 0 Å². The summed E-state index contributed by atoms with van der Waals surface area (Å²) in [7, 11) is 0. The largest absolute Gasteiger partial charge is 0.391 e. The van der Waals surface area contributed by atoms with Crippen molar-refractivity contribution in [2.45, 2.75) is 6.42 Å². The summed E-state index contributed by atoms with van der Waals surface area (Å²) in [4.78, 5) is 0. The Morgan fingerprint density at radius 3 is 3.07 bits per heavy atom. The van der Waals surface area contributed by atoms with E-state index in [2.05, 4.69) is 41.5 Å². The number of nitrogens with one attached hydrogen (secondary N) is 1. The average molecular weight is 203 g/mol. The number of hydrogen-bond acceptors (Lipinski definition) is 2. The van der Waals surface area contributed by atoms with Crippen LogP contribution in [0.25, 0.3) is 10.1 Å². The predicted molar refractivity (Wildman–Crippen MR) is 63.7 cm³/mol. The van der Waals surface area contributed by atoms with E-state index in [4.69, 9.17) is 0 Å². The van der Waals surface area contributed by atoms with Gasteiger partial charge in [0.25, 0.3) is 0 Å². The molecule has 1 aromatic carbocycles. The first-order valence-electron chi connectivity index (χ1n) is 4.71. The van der Waals surface area contributed by atoms with E-state index in [-0.39, 0.29) is 0 Å². The summed E-state index contributed by atoms with van der Waals surface area (Å²) < 4.78 is 1.38. The molecule has 1 aromatic heterocycles. The lowest BCUT2D eigenvalue weighted by Crippen LogP contribution is -2.08. The Morgan fingerprint density at radius 1 is 1.36 bits per heavy atom. The minimum absolute atomic E-state index is 0.963. The van der Waals surface area contributed by atoms with Crippen LogP contribution in [-0.2, 0) is 6.42 Å². The van der Waals surface area contributed by atoms with Crippen LogP contribution < -0.4 is 5.32 Å². The van der Waals surface area contributed by atoms with Crippen LogP contribution >= 0.6 is 11.3 Å². The Hall–Kier alpha value is -1.28. The van der Waals surface area contributed by atoms with Crippen molar-refractivity contribution in [3.8, 4) is 0 Å². The van der Waals surface area contributed by atoms with Gasteiger partial charge in [0.15, 0.2) is 0 Å². The standard InChI is InChI=1S/C12H13NS/c1-2-13-8-7-10-9-14-12-6-4-3-5-11(10)12/h2-6,9,13H,1,7-8H2. The van der Waals surface area contributed by atoms with Gasteiger partial charge in [-0.3, -0.25) is 0 Å². The van der Waals surface area contributed by atoms with Crippen molar-refractivity contribution in [3.63, 3.8) is 0 Å². The Morgan fingerprint density at radius 2 is 2.21 bits per heavy atom. The highest BCUT2D eigenvalue weighted by atomic mass is 32.1. The number of fused-ring (bicyclic) bond motifs is 1. The molecule has 0 fully saturated rings. The molecule has 0 aliphatic carbocycles. The van der Waals surface area contributed by atoms with Crippen LogP contribution in [0.2, 0.25) is 0 Å². The van der Waals surface area contributed by atoms with Crippen molar-refractivity contribution in [2.24, 2.45) is 0 Å². The predicted octanol–water partition coefficient (Wildman–Crippen LogP) is 3.18. The summed E-state index contributed by atoms with van der Waals surface area (Å²) in [6.07, 6.45) is 2.81. The molecule has 0 spiro atoms. The Labute approximate surface area is 88.1 Å². The molecular formula is C12H13NS. The van der Waals surface area contributed by atoms with Crippen molar-refractivity contribution in [1.82, 2.24) is 5.32 Å². The van der Waals surface area contributed by atoms with Crippen molar-refractivity contribution in [2.75, 3.05) is 6.54 Å². The second kappa shape index (κ2) is 4.29. The lowest BCUT2D eigenvalue weighted by Gasteiger charge is -1.99. The fraction of sp³-hybridized carbons (Fsp3) is 0.167. The van der Waals surface area contributed by atoms with E-state index in [1.807, 2.05) is 11.3 Å². The van der Waals surface area contributed by atoms with Gasteiger partial charge in [-0.2, -0.15) is 0 Å². The first-order chi connectivity index (χ1) is 6.92. The van der Waals surface area contributed by atoms with E-state index in [1.165, 1.54) is 15.6 Å². The van der Waals surface area contributed by atoms with E-state index in [9.17, 15) is 0 Å². The third-order valence-electron chi connectivity index (χ3n) is 2.24. The Balaban J connectivity index is 2.20. The Bertz CT molecular complexity index is 431. The molecule has 2 heteroatoms. The molecule has 2 aromatic rings. The van der Waals surface area contributed by atoms with Crippen molar-refractivity contribution >= 4 is 21.4 Å². The first-order valence-corrected chi connectivity index (χ1v) is 5.59. The van der Waals surface area contributed by atoms with Crippen LogP contribution in [0.4, 0.5) is 0 Å². The van der Waals surface area contributed by atoms with E-state index in [0.717, 1.165) is 13.0 Å². The summed E-state index contributed by atoms with van der Waals surface area (Å²) in [6, 6.07) is 8.55. The summed E-state index contributed by atoms with van der Waals surface area (Å²) in [5.74, 6) is 0. The van der Waals surface area contributed by atoms with Gasteiger partial charge >= 0.3 is 0 Å². The average Bonchev–Trinajstić information content (AvgIpc) is 2.63. The van der Waals surface area contributed by atoms with Crippen LogP contribution in [0.3, 0.4) is 0 Å². The quantitative estimate of drug-likeness (QED) is 0.753. The fourth-order valence-corrected chi connectivity index (χ4v) is 2.53. The summed E-state index contributed by atoms with van der Waals surface area (Å²) in [6.45, 7) is 4.60. The molecule has 0 bridgehead atoms. The van der Waals surface area contributed by atoms with Crippen molar-refractivity contribution in [3.05, 3.63) is 48.0 Å². The topological polar surface area (TPSA) is 12.0 Å². The van der Waals surface area contributed by atoms with E-state index >= 15 is 0 Å². The third kappa shape index (κ3) is 1.80. The van der Waals surface area contributed by atoms with Gasteiger partial charge in [0, 0.05) is 11.2 Å². The normalized spacial score (nSPS) is 10.3. The highest BCUT2D eigenvalue weighted by Gasteiger charge is 2.01. The lowest BCUT2D eigenvalue weighted by atomic mass is 10.1. The molecule has 1 heterocycles. The Kier molecular flexibility index (Phi) is 2.84. The second-order valence-corrected chi connectivity index (χ2v) is 4.08.